The van der Waals surface area contributed by atoms with Crippen LogP contribution < -0.4 is 0 Å². The van der Waals surface area contributed by atoms with Crippen LogP contribution in [0.1, 0.15) is 6.92 Å². The lowest BCUT2D eigenvalue weighted by Crippen LogP contribution is -2.30. The average Bonchev–Trinajstić information content (AvgIpc) is 2.29. The number of hydrogen-bond donors (Lipinski definition) is 0. The Labute approximate surface area is 106 Å². The van der Waals surface area contributed by atoms with E-state index in [1.54, 1.807) is 0 Å². The van der Waals surface area contributed by atoms with Crippen molar-refractivity contribution in [3.8, 4) is 0 Å². The summed E-state index contributed by atoms with van der Waals surface area (Å²) in [6.07, 6.45) is 1.24. The van der Waals surface area contributed by atoms with Crippen molar-refractivity contribution >= 4 is 21.6 Å². The first-order chi connectivity index (χ1) is 7.98. The van der Waals surface area contributed by atoms with E-state index in [4.69, 9.17) is 16.3 Å². The molecule has 17 heavy (non-hydrogen) atoms. The summed E-state index contributed by atoms with van der Waals surface area (Å²) in [6.45, 7) is 3.10. The summed E-state index contributed by atoms with van der Waals surface area (Å²) < 4.78 is 30.4. The Morgan fingerprint density at radius 1 is 1.47 bits per heavy atom. The number of rotatable bonds is 6. The molecule has 0 saturated carbocycles. The molecule has 1 aromatic heterocycles. The van der Waals surface area contributed by atoms with Gasteiger partial charge in [0.2, 0.25) is 10.0 Å². The molecule has 1 rings (SSSR count). The molecule has 0 amide bonds. The maximum atomic E-state index is 12.0. The highest BCUT2D eigenvalue weighted by molar-refractivity contribution is 7.89. The van der Waals surface area contributed by atoms with Crippen LogP contribution >= 0.6 is 11.6 Å². The molecule has 96 valence electrons. The van der Waals surface area contributed by atoms with Gasteiger partial charge in [0.05, 0.1) is 6.61 Å². The zero-order valence-corrected chi connectivity index (χ0v) is 11.3. The predicted octanol–water partition coefficient (Wildman–Crippen LogP) is 1.39. The molecular weight excluding hydrogens is 264 g/mol. The molecule has 0 unspecified atom stereocenters. The SMILES string of the molecule is CCOCCN(C)S(=O)(=O)c1ccc(Cl)nc1. The summed E-state index contributed by atoms with van der Waals surface area (Å²) in [7, 11) is -2.00. The van der Waals surface area contributed by atoms with Crippen molar-refractivity contribution in [2.45, 2.75) is 11.8 Å². The number of nitrogens with zero attached hydrogens (tertiary/aromatic N) is 2. The van der Waals surface area contributed by atoms with Crippen LogP contribution in [0.5, 0.6) is 0 Å². The zero-order chi connectivity index (χ0) is 12.9. The van der Waals surface area contributed by atoms with Crippen molar-refractivity contribution < 1.29 is 13.2 Å². The second-order valence-corrected chi connectivity index (χ2v) is 5.77. The molecule has 0 fully saturated rings. The lowest BCUT2D eigenvalue weighted by molar-refractivity contribution is 0.138. The van der Waals surface area contributed by atoms with Crippen LogP contribution in [0.15, 0.2) is 23.2 Å². The molecule has 7 heteroatoms. The summed E-state index contributed by atoms with van der Waals surface area (Å²) in [5.41, 5.74) is 0. The molecule has 0 radical (unpaired) electrons. The highest BCUT2D eigenvalue weighted by atomic mass is 35.5. The zero-order valence-electron chi connectivity index (χ0n) is 9.76. The van der Waals surface area contributed by atoms with Gasteiger partial charge in [-0.15, -0.1) is 0 Å². The molecule has 0 spiro atoms. The van der Waals surface area contributed by atoms with Gasteiger partial charge in [-0.05, 0) is 19.1 Å². The number of hydrogen-bond acceptors (Lipinski definition) is 4. The highest BCUT2D eigenvalue weighted by Gasteiger charge is 2.20. The Morgan fingerprint density at radius 2 is 2.18 bits per heavy atom. The standard InChI is InChI=1S/C10H15ClN2O3S/c1-3-16-7-6-13(2)17(14,15)9-4-5-10(11)12-8-9/h4-5,8H,3,6-7H2,1-2H3. The molecule has 0 N–H and O–H groups in total. The van der Waals surface area contributed by atoms with E-state index in [1.165, 1.54) is 29.7 Å². The Hall–Kier alpha value is -0.690. The van der Waals surface area contributed by atoms with Crippen LogP contribution in [-0.2, 0) is 14.8 Å². The van der Waals surface area contributed by atoms with Crippen LogP contribution in [0.2, 0.25) is 5.15 Å². The molecular formula is C10H15ClN2O3S. The van der Waals surface area contributed by atoms with Crippen molar-refractivity contribution in [3.05, 3.63) is 23.5 Å². The molecule has 0 saturated heterocycles. The van der Waals surface area contributed by atoms with Gasteiger partial charge in [0, 0.05) is 26.4 Å². The van der Waals surface area contributed by atoms with Gasteiger partial charge in [-0.1, -0.05) is 11.6 Å². The van der Waals surface area contributed by atoms with E-state index in [0.29, 0.717) is 19.8 Å². The van der Waals surface area contributed by atoms with E-state index in [2.05, 4.69) is 4.98 Å². The maximum Gasteiger partial charge on any atom is 0.244 e. The van der Waals surface area contributed by atoms with Gasteiger partial charge in [0.15, 0.2) is 0 Å². The third-order valence-electron chi connectivity index (χ3n) is 2.16. The molecule has 0 aliphatic rings. The van der Waals surface area contributed by atoms with E-state index in [0.717, 1.165) is 0 Å². The molecule has 0 bridgehead atoms. The maximum absolute atomic E-state index is 12.0. The Kier molecular flexibility index (Phi) is 5.32. The highest BCUT2D eigenvalue weighted by Crippen LogP contribution is 2.14. The third-order valence-corrected chi connectivity index (χ3v) is 4.23. The summed E-state index contributed by atoms with van der Waals surface area (Å²) in [6, 6.07) is 2.88. The van der Waals surface area contributed by atoms with Gasteiger partial charge in [0.1, 0.15) is 10.0 Å². The lowest BCUT2D eigenvalue weighted by Gasteiger charge is -2.16. The van der Waals surface area contributed by atoms with Crippen molar-refractivity contribution in [1.82, 2.24) is 9.29 Å². The molecule has 1 aromatic rings. The van der Waals surface area contributed by atoms with Crippen molar-refractivity contribution in [3.63, 3.8) is 0 Å². The molecule has 0 aromatic carbocycles. The van der Waals surface area contributed by atoms with E-state index in [-0.39, 0.29) is 10.0 Å². The Morgan fingerprint density at radius 3 is 2.71 bits per heavy atom. The van der Waals surface area contributed by atoms with Crippen molar-refractivity contribution in [1.29, 1.82) is 0 Å². The Bertz CT molecular complexity index is 447. The first-order valence-corrected chi connectivity index (χ1v) is 6.96. The van der Waals surface area contributed by atoms with Gasteiger partial charge < -0.3 is 4.74 Å². The van der Waals surface area contributed by atoms with E-state index >= 15 is 0 Å². The lowest BCUT2D eigenvalue weighted by atomic mass is 10.5. The molecule has 0 aliphatic heterocycles. The average molecular weight is 279 g/mol. The number of aromatic nitrogens is 1. The molecule has 5 nitrogen and oxygen atoms in total. The quantitative estimate of drug-likeness (QED) is 0.583. The second-order valence-electron chi connectivity index (χ2n) is 3.34. The van der Waals surface area contributed by atoms with Crippen LogP contribution in [0.4, 0.5) is 0 Å². The minimum atomic E-state index is -3.50. The largest absolute Gasteiger partial charge is 0.380 e. The number of sulfonamides is 1. The number of pyridine rings is 1. The van der Waals surface area contributed by atoms with E-state index in [1.807, 2.05) is 6.92 Å². The predicted molar refractivity (Wildman–Crippen MR) is 65.6 cm³/mol. The molecule has 1 heterocycles. The molecule has 0 atom stereocenters. The minimum Gasteiger partial charge on any atom is -0.380 e. The summed E-state index contributed by atoms with van der Waals surface area (Å²) in [5.74, 6) is 0. The first-order valence-electron chi connectivity index (χ1n) is 5.14. The fraction of sp³-hybridized carbons (Fsp3) is 0.500. The van der Waals surface area contributed by atoms with Gasteiger partial charge >= 0.3 is 0 Å². The van der Waals surface area contributed by atoms with Crippen LogP contribution in [0.3, 0.4) is 0 Å². The summed E-state index contributed by atoms with van der Waals surface area (Å²) in [4.78, 5) is 3.88. The van der Waals surface area contributed by atoms with Gasteiger partial charge in [-0.25, -0.2) is 13.4 Å². The van der Waals surface area contributed by atoms with Gasteiger partial charge in [-0.3, -0.25) is 0 Å². The minimum absolute atomic E-state index is 0.126. The van der Waals surface area contributed by atoms with Crippen LogP contribution in [0.25, 0.3) is 0 Å². The third kappa shape index (κ3) is 3.92. The van der Waals surface area contributed by atoms with Crippen molar-refractivity contribution in [2.75, 3.05) is 26.8 Å². The summed E-state index contributed by atoms with van der Waals surface area (Å²) >= 11 is 5.60. The smallest absolute Gasteiger partial charge is 0.244 e. The summed E-state index contributed by atoms with van der Waals surface area (Å²) in [5, 5.41) is 0.265. The van der Waals surface area contributed by atoms with E-state index in [9.17, 15) is 8.42 Å². The second kappa shape index (κ2) is 6.30. The fourth-order valence-corrected chi connectivity index (χ4v) is 2.36. The number of likely N-dealkylation sites (N-methyl/N-ethyl adjacent to an activating group) is 1. The van der Waals surface area contributed by atoms with Gasteiger partial charge in [0.25, 0.3) is 0 Å². The van der Waals surface area contributed by atoms with E-state index < -0.39 is 10.0 Å². The Balaban J connectivity index is 2.76. The number of ether oxygens (including phenoxy) is 1. The number of halogens is 1. The topological polar surface area (TPSA) is 59.5 Å². The normalized spacial score (nSPS) is 12.0. The fourth-order valence-electron chi connectivity index (χ4n) is 1.15. The first kappa shape index (κ1) is 14.4. The van der Waals surface area contributed by atoms with Gasteiger partial charge in [-0.2, -0.15) is 4.31 Å². The monoisotopic (exact) mass is 278 g/mol. The van der Waals surface area contributed by atoms with Crippen LogP contribution in [0, 0.1) is 0 Å². The van der Waals surface area contributed by atoms with Crippen molar-refractivity contribution in [2.24, 2.45) is 0 Å². The molecule has 0 aliphatic carbocycles. The van der Waals surface area contributed by atoms with Crippen LogP contribution in [-0.4, -0.2) is 44.5 Å².